The summed E-state index contributed by atoms with van der Waals surface area (Å²) in [5.41, 5.74) is 15.1. The predicted octanol–water partition coefficient (Wildman–Crippen LogP) is 13.4. The molecular weight excluding hydrogens is 1580 g/mol. The second-order valence-corrected chi connectivity index (χ2v) is 38.5. The number of nitrogens with two attached hydrogens (primary N) is 1. The van der Waals surface area contributed by atoms with Gasteiger partial charge in [-0.05, 0) is 160 Å². The van der Waals surface area contributed by atoms with E-state index in [1.807, 2.05) is 123 Å². The summed E-state index contributed by atoms with van der Waals surface area (Å²) in [5.74, 6) is -0.327. The zero-order chi connectivity index (χ0) is 82.5. The minimum Gasteiger partial charge on any atom is -0.493 e. The highest BCUT2D eigenvalue weighted by molar-refractivity contribution is 8.29. The number of nitrogen functional groups attached to an aromatic ring is 1. The van der Waals surface area contributed by atoms with Crippen LogP contribution in [0, 0.1) is 0 Å². The van der Waals surface area contributed by atoms with Gasteiger partial charge in [0.15, 0.2) is 23.0 Å². The summed E-state index contributed by atoms with van der Waals surface area (Å²) in [6, 6.07) is 40.6. The third-order valence-electron chi connectivity index (χ3n) is 20.3. The molecule has 0 spiro atoms. The lowest BCUT2D eigenvalue weighted by molar-refractivity contribution is -0.137. The molecule has 6 aromatic carbocycles. The number of carbonyl (C=O) groups excluding carboxylic acids is 7. The predicted molar refractivity (Wildman–Crippen MR) is 468 cm³/mol. The van der Waals surface area contributed by atoms with Gasteiger partial charge in [-0.15, -0.1) is 41.6 Å². The van der Waals surface area contributed by atoms with E-state index >= 15 is 0 Å². The van der Waals surface area contributed by atoms with Gasteiger partial charge in [0, 0.05) is 146 Å². The van der Waals surface area contributed by atoms with E-state index < -0.39 is 5.97 Å². The van der Waals surface area contributed by atoms with Crippen LogP contribution in [0.1, 0.15) is 126 Å². The highest BCUT2D eigenvalue weighted by atomic mass is 32.8. The van der Waals surface area contributed by atoms with Crippen LogP contribution in [0.5, 0.6) is 23.0 Å². The number of nitrogens with one attached hydrogen (secondary N) is 3. The van der Waals surface area contributed by atoms with Crippen LogP contribution < -0.4 is 60.2 Å². The largest absolute Gasteiger partial charge is 0.493 e. The van der Waals surface area contributed by atoms with Gasteiger partial charge in [0.05, 0.1) is 83.1 Å². The van der Waals surface area contributed by atoms with Gasteiger partial charge in [0.1, 0.15) is 11.4 Å². The van der Waals surface area contributed by atoms with E-state index in [-0.39, 0.29) is 108 Å². The molecule has 0 saturated carbocycles. The van der Waals surface area contributed by atoms with E-state index in [1.165, 1.54) is 36.9 Å². The molecule has 115 heavy (non-hydrogen) atoms. The fourth-order valence-electron chi connectivity index (χ4n) is 13.3. The number of hydrogen-bond donors (Lipinski definition) is 5. The van der Waals surface area contributed by atoms with E-state index in [1.54, 1.807) is 118 Å². The van der Waals surface area contributed by atoms with Crippen LogP contribution in [0.15, 0.2) is 156 Å². The van der Waals surface area contributed by atoms with Crippen molar-refractivity contribution >= 4 is 189 Å². The molecule has 25 nitrogen and oxygen atoms in total. The van der Waals surface area contributed by atoms with Crippen LogP contribution >= 0.6 is 22.7 Å². The third-order valence-corrected chi connectivity index (χ3v) is 28.7. The van der Waals surface area contributed by atoms with Gasteiger partial charge in [-0.25, -0.2) is 0 Å². The van der Waals surface area contributed by atoms with E-state index in [9.17, 15) is 38.4 Å². The number of fused-ring (bicyclic) bond motifs is 10. The lowest BCUT2D eigenvalue weighted by Crippen LogP contribution is -2.40. The molecule has 8 heterocycles. The molecular formula is C84H90N12O13S6. The SMILES string of the molecule is CN(C(=O)c1cc(N)cn1C)c1ccc2sc(C(=O)NCC(C)(C)S(C)=S)cc2c1.COc1cc2c(cc1OCCCC(=O)Nc1cc(C(=O)N(C)c3ccc4sc(C(=O)NCC(C)(C)S(C)=S)cc4c3)n(C)c1)N=C[C@@H]1Cc3ccccc3N1C2=O.COc1cc2c(cc1OCCCC(=O)O)N=C[C@@H]1Cc3ccccc3N1C2=O. The van der Waals surface area contributed by atoms with Gasteiger partial charge in [-0.2, -0.15) is 0 Å². The Labute approximate surface area is 688 Å². The highest BCUT2D eigenvalue weighted by Gasteiger charge is 2.39. The normalized spacial score (nSPS) is 14.9. The number of carboxylic acids is 1. The first-order chi connectivity index (χ1) is 54.8. The Bertz CT molecular complexity index is 5600. The molecule has 600 valence electrons. The Kier molecular flexibility index (Phi) is 25.7. The van der Waals surface area contributed by atoms with E-state index in [4.69, 9.17) is 52.2 Å². The number of aromatic nitrogens is 2. The van der Waals surface area contributed by atoms with Crippen molar-refractivity contribution in [2.24, 2.45) is 24.1 Å². The maximum Gasteiger partial charge on any atom is 0.303 e. The first kappa shape index (κ1) is 83.5. The van der Waals surface area contributed by atoms with Crippen molar-refractivity contribution < 1.29 is 62.4 Å². The van der Waals surface area contributed by atoms with Gasteiger partial charge in [-0.1, -0.05) is 58.8 Å². The second kappa shape index (κ2) is 35.4. The van der Waals surface area contributed by atoms with Gasteiger partial charge >= 0.3 is 5.97 Å². The van der Waals surface area contributed by atoms with Crippen molar-refractivity contribution in [2.75, 3.05) is 97.8 Å². The number of thiophene rings is 2. The molecule has 4 aliphatic rings. The van der Waals surface area contributed by atoms with Gasteiger partial charge < -0.3 is 64.7 Å². The molecule has 2 unspecified atom stereocenters. The number of nitrogens with zero attached hydrogens (tertiary/aromatic N) is 8. The molecule has 31 heteroatoms. The van der Waals surface area contributed by atoms with E-state index in [2.05, 4.69) is 39.8 Å². The highest BCUT2D eigenvalue weighted by Crippen LogP contribution is 2.44. The van der Waals surface area contributed by atoms with Gasteiger partial charge in [-0.3, -0.25) is 58.1 Å². The zero-order valence-corrected chi connectivity index (χ0v) is 70.6. The van der Waals surface area contributed by atoms with Gasteiger partial charge in [0.25, 0.3) is 35.4 Å². The summed E-state index contributed by atoms with van der Waals surface area (Å²) in [6.07, 6.45) is 13.4. The fraction of sp³-hybridized carbons (Fsp3) is 0.310. The van der Waals surface area contributed by atoms with Crippen molar-refractivity contribution in [3.8, 4) is 23.0 Å². The average Bonchev–Trinajstić information content (AvgIpc) is 1.61. The quantitative estimate of drug-likeness (QED) is 0.0332. The number of ether oxygens (including phenoxy) is 4. The number of benzene rings is 6. The molecule has 7 amide bonds. The lowest BCUT2D eigenvalue weighted by Gasteiger charge is -2.24. The lowest BCUT2D eigenvalue weighted by atomic mass is 10.1. The molecule has 0 bridgehead atoms. The van der Waals surface area contributed by atoms with Crippen molar-refractivity contribution in [1.29, 1.82) is 0 Å². The molecule has 0 saturated heterocycles. The molecule has 10 aromatic rings. The van der Waals surface area contributed by atoms with Crippen LogP contribution in [0.25, 0.3) is 20.2 Å². The number of carboxylic acid groups (broad SMARTS) is 1. The molecule has 4 aliphatic heterocycles. The van der Waals surface area contributed by atoms with E-state index in [0.717, 1.165) is 54.8 Å². The van der Waals surface area contributed by atoms with Crippen molar-refractivity contribution in [1.82, 2.24) is 19.8 Å². The third kappa shape index (κ3) is 18.7. The van der Waals surface area contributed by atoms with Crippen molar-refractivity contribution in [3.63, 3.8) is 0 Å². The molecule has 4 atom stereocenters. The molecule has 0 fully saturated rings. The summed E-state index contributed by atoms with van der Waals surface area (Å²) in [7, 11) is 9.50. The summed E-state index contributed by atoms with van der Waals surface area (Å²) in [4.78, 5) is 120. The smallest absolute Gasteiger partial charge is 0.303 e. The first-order valence-electron chi connectivity index (χ1n) is 36.9. The van der Waals surface area contributed by atoms with Crippen LogP contribution in [0.3, 0.4) is 0 Å². The molecule has 0 aliphatic carbocycles. The standard InChI is InChI=1S/C42H44N6O6S3.C21H26N4O2S3.C21H20N2O5/c1-42(2,57(6)55)24-44-39(50)37-18-26-17-28(13-14-36(26)56-37)47(4)41(52)33-19-27(23-46(33)3)45-38(49)12-9-15-54-35-21-31-30(20-34(35)53-5)40(51)48-29(22-43-31)16-25-10-7-8-11-32(25)48;1-21(2,30(5)28)12-23-19(26)18-9-13-8-15(6-7-17(13)29-18)25(4)20(27)16-10-14(22)11-24(16)3;1-27-18-10-15-16(11-19(18)28-8-4-7-20(24)25)22-12-14-9-13-5-2-3-6-17(13)23(14)21(15)26/h7-8,10-11,13-14,17-23,29H,9,12,15-16,24H2,1-6H3,(H,44,50)(H,45,49);6-11H,12,22H2,1-5H3,(H,23,26);2-3,5-6,10-12,14H,4,7-9H2,1H3,(H,24,25)/t29-,57?;;14-/m0.0/s1. The summed E-state index contributed by atoms with van der Waals surface area (Å²) in [6.45, 7) is 9.71. The number of methoxy groups -OCH3 is 2. The van der Waals surface area contributed by atoms with E-state index in [0.29, 0.717) is 116 Å². The molecule has 6 N–H and O–H groups in total. The number of aliphatic carboxylic acids is 1. The number of hydrogen-bond acceptors (Lipinski definition) is 19. The zero-order valence-electron chi connectivity index (χ0n) is 65.7. The summed E-state index contributed by atoms with van der Waals surface area (Å²) >= 11 is 13.7. The van der Waals surface area contributed by atoms with Crippen LogP contribution in [0.4, 0.5) is 45.5 Å². The number of aryl methyl sites for hydroxylation is 2. The topological polar surface area (TPSA) is 303 Å². The average molecular weight is 1670 g/mol. The Morgan fingerprint density at radius 1 is 0.591 bits per heavy atom. The summed E-state index contributed by atoms with van der Waals surface area (Å²) in [5, 5.41) is 19.4. The van der Waals surface area contributed by atoms with Gasteiger partial charge in [0.2, 0.25) is 5.91 Å². The number of aliphatic imine (C=N–C) groups is 2. The van der Waals surface area contributed by atoms with Crippen molar-refractivity contribution in [3.05, 3.63) is 189 Å². The minimum absolute atomic E-state index is 0.0277. The monoisotopic (exact) mass is 1670 g/mol. The fourth-order valence-corrected chi connectivity index (χ4v) is 16.1. The molecule has 14 rings (SSSR count). The second-order valence-electron chi connectivity index (χ2n) is 29.3. The number of anilines is 6. The number of para-hydroxylation sites is 2. The Hall–Kier alpha value is -11.0. The van der Waals surface area contributed by atoms with Crippen LogP contribution in [-0.2, 0) is 77.8 Å². The first-order valence-corrected chi connectivity index (χ1v) is 43.6. The van der Waals surface area contributed by atoms with Crippen LogP contribution in [0.2, 0.25) is 0 Å². The Morgan fingerprint density at radius 3 is 1.45 bits per heavy atom. The van der Waals surface area contributed by atoms with Crippen molar-refractivity contribution in [2.45, 2.75) is 87.8 Å². The Morgan fingerprint density at radius 2 is 1.03 bits per heavy atom. The van der Waals surface area contributed by atoms with Crippen LogP contribution in [-0.4, -0.2) is 163 Å². The summed E-state index contributed by atoms with van der Waals surface area (Å²) < 4.78 is 27.7. The maximum atomic E-state index is 13.7. The minimum atomic E-state index is -0.867. The Balaban J connectivity index is 0.000000176. The number of rotatable bonds is 25. The molecule has 4 aromatic heterocycles. The maximum absolute atomic E-state index is 13.7. The number of amides is 7. The molecule has 0 radical (unpaired) electrons. The number of carbonyl (C=O) groups is 8.